The van der Waals surface area contributed by atoms with E-state index < -0.39 is 5.97 Å². The molecular weight excluding hydrogens is 204 g/mol. The van der Waals surface area contributed by atoms with Crippen molar-refractivity contribution in [3.8, 4) is 0 Å². The maximum Gasteiger partial charge on any atom is 0.336 e. The van der Waals surface area contributed by atoms with Crippen molar-refractivity contribution in [2.75, 3.05) is 0 Å². The molecular formula is C12H14N2O2. The average molecular weight is 218 g/mol. The lowest BCUT2D eigenvalue weighted by atomic mass is 9.85. The second-order valence-corrected chi connectivity index (χ2v) is 4.91. The lowest BCUT2D eigenvalue weighted by molar-refractivity contribution is 0.0699. The highest BCUT2D eigenvalue weighted by atomic mass is 16.4. The van der Waals surface area contributed by atoms with Crippen LogP contribution in [0.15, 0.2) is 18.3 Å². The number of carbonyl (C=O) groups is 1. The molecule has 0 aliphatic heterocycles. The smallest absolute Gasteiger partial charge is 0.336 e. The van der Waals surface area contributed by atoms with Crippen LogP contribution < -0.4 is 0 Å². The Bertz CT molecular complexity index is 550. The summed E-state index contributed by atoms with van der Waals surface area (Å²) in [6.45, 7) is 6.16. The van der Waals surface area contributed by atoms with Gasteiger partial charge in [-0.15, -0.1) is 0 Å². The van der Waals surface area contributed by atoms with Gasteiger partial charge in [-0.25, -0.2) is 4.79 Å². The molecule has 1 aromatic heterocycles. The van der Waals surface area contributed by atoms with E-state index >= 15 is 0 Å². The number of hydrogen-bond acceptors (Lipinski definition) is 2. The fraction of sp³-hybridized carbons (Fsp3) is 0.333. The largest absolute Gasteiger partial charge is 0.478 e. The Morgan fingerprint density at radius 1 is 1.38 bits per heavy atom. The van der Waals surface area contributed by atoms with Crippen LogP contribution in [0.1, 0.15) is 36.7 Å². The van der Waals surface area contributed by atoms with Crippen LogP contribution in [0.5, 0.6) is 0 Å². The molecule has 2 N–H and O–H groups in total. The Balaban J connectivity index is 2.76. The lowest BCUT2D eigenvalue weighted by Crippen LogP contribution is -2.12. The van der Waals surface area contributed by atoms with Gasteiger partial charge in [0.15, 0.2) is 0 Å². The van der Waals surface area contributed by atoms with Gasteiger partial charge in [0.05, 0.1) is 17.3 Å². The molecule has 0 fully saturated rings. The number of nitrogens with one attached hydrogen (secondary N) is 1. The first-order valence-electron chi connectivity index (χ1n) is 5.10. The second-order valence-electron chi connectivity index (χ2n) is 4.91. The molecule has 0 bridgehead atoms. The normalized spacial score (nSPS) is 11.9. The van der Waals surface area contributed by atoms with Crippen molar-refractivity contribution in [1.82, 2.24) is 10.2 Å². The maximum atomic E-state index is 11.2. The number of H-pyrrole nitrogens is 1. The van der Waals surface area contributed by atoms with Gasteiger partial charge in [-0.05, 0) is 23.1 Å². The summed E-state index contributed by atoms with van der Waals surface area (Å²) in [6, 6.07) is 3.68. The highest BCUT2D eigenvalue weighted by Crippen LogP contribution is 2.27. The molecule has 0 aliphatic rings. The van der Waals surface area contributed by atoms with E-state index in [2.05, 4.69) is 31.0 Å². The number of aromatic carboxylic acids is 1. The minimum absolute atomic E-state index is 0.0799. The summed E-state index contributed by atoms with van der Waals surface area (Å²) in [4.78, 5) is 11.2. The van der Waals surface area contributed by atoms with Crippen LogP contribution in [0.25, 0.3) is 10.9 Å². The molecule has 84 valence electrons. The fourth-order valence-corrected chi connectivity index (χ4v) is 1.66. The van der Waals surface area contributed by atoms with Crippen LogP contribution >= 0.6 is 0 Å². The van der Waals surface area contributed by atoms with E-state index in [0.717, 1.165) is 11.1 Å². The summed E-state index contributed by atoms with van der Waals surface area (Å²) < 4.78 is 0. The van der Waals surface area contributed by atoms with E-state index in [4.69, 9.17) is 5.11 Å². The zero-order valence-corrected chi connectivity index (χ0v) is 9.53. The highest BCUT2D eigenvalue weighted by Gasteiger charge is 2.19. The lowest BCUT2D eigenvalue weighted by Gasteiger charge is -2.19. The summed E-state index contributed by atoms with van der Waals surface area (Å²) in [5.41, 5.74) is 1.98. The molecule has 0 amide bonds. The molecule has 2 aromatic rings. The zero-order chi connectivity index (χ0) is 11.9. The van der Waals surface area contributed by atoms with E-state index in [1.165, 1.54) is 0 Å². The number of carboxylic acid groups (broad SMARTS) is 1. The number of hydrogen-bond donors (Lipinski definition) is 2. The van der Waals surface area contributed by atoms with Gasteiger partial charge < -0.3 is 5.11 Å². The summed E-state index contributed by atoms with van der Waals surface area (Å²) >= 11 is 0. The first kappa shape index (κ1) is 10.7. The van der Waals surface area contributed by atoms with E-state index in [-0.39, 0.29) is 5.41 Å². The summed E-state index contributed by atoms with van der Waals surface area (Å²) in [5.74, 6) is -0.919. The Morgan fingerprint density at radius 3 is 2.62 bits per heavy atom. The number of nitrogens with zero attached hydrogens (tertiary/aromatic N) is 1. The fourth-order valence-electron chi connectivity index (χ4n) is 1.66. The predicted molar refractivity (Wildman–Crippen MR) is 61.8 cm³/mol. The second kappa shape index (κ2) is 3.33. The number of fused-ring (bicyclic) bond motifs is 1. The van der Waals surface area contributed by atoms with Gasteiger partial charge in [0, 0.05) is 5.39 Å². The third-order valence-corrected chi connectivity index (χ3v) is 2.66. The number of rotatable bonds is 1. The molecule has 1 aromatic carbocycles. The van der Waals surface area contributed by atoms with Crippen LogP contribution in [0.4, 0.5) is 0 Å². The highest BCUT2D eigenvalue weighted by molar-refractivity contribution is 6.02. The van der Waals surface area contributed by atoms with Crippen molar-refractivity contribution < 1.29 is 9.90 Å². The van der Waals surface area contributed by atoms with Gasteiger partial charge in [-0.2, -0.15) is 5.10 Å². The van der Waals surface area contributed by atoms with E-state index in [1.807, 2.05) is 6.07 Å². The third-order valence-electron chi connectivity index (χ3n) is 2.66. The monoisotopic (exact) mass is 218 g/mol. The van der Waals surface area contributed by atoms with E-state index in [0.29, 0.717) is 10.9 Å². The van der Waals surface area contributed by atoms with E-state index in [9.17, 15) is 4.79 Å². The molecule has 0 aliphatic carbocycles. The van der Waals surface area contributed by atoms with Gasteiger partial charge in [-0.1, -0.05) is 20.8 Å². The molecule has 2 rings (SSSR count). The van der Waals surface area contributed by atoms with Gasteiger partial charge in [0.25, 0.3) is 0 Å². The topological polar surface area (TPSA) is 66.0 Å². The quantitative estimate of drug-likeness (QED) is 0.773. The maximum absolute atomic E-state index is 11.2. The molecule has 0 radical (unpaired) electrons. The summed E-state index contributed by atoms with van der Waals surface area (Å²) in [7, 11) is 0. The Hall–Kier alpha value is -1.84. The molecule has 0 saturated carbocycles. The van der Waals surface area contributed by atoms with Crippen molar-refractivity contribution >= 4 is 16.9 Å². The molecule has 16 heavy (non-hydrogen) atoms. The number of aromatic nitrogens is 2. The number of aromatic amines is 1. The Morgan fingerprint density at radius 2 is 2.06 bits per heavy atom. The first-order valence-corrected chi connectivity index (χ1v) is 5.10. The number of carboxylic acids is 1. The molecule has 0 unspecified atom stereocenters. The van der Waals surface area contributed by atoms with Crippen LogP contribution in [0.3, 0.4) is 0 Å². The van der Waals surface area contributed by atoms with Crippen LogP contribution in [-0.2, 0) is 5.41 Å². The van der Waals surface area contributed by atoms with Gasteiger partial charge in [0.1, 0.15) is 0 Å². The molecule has 0 atom stereocenters. The van der Waals surface area contributed by atoms with Gasteiger partial charge in [-0.3, -0.25) is 5.10 Å². The molecule has 0 spiro atoms. The number of benzene rings is 1. The van der Waals surface area contributed by atoms with Crippen LogP contribution in [0, 0.1) is 0 Å². The van der Waals surface area contributed by atoms with Crippen molar-refractivity contribution in [3.63, 3.8) is 0 Å². The minimum Gasteiger partial charge on any atom is -0.478 e. The third kappa shape index (κ3) is 1.66. The Labute approximate surface area is 93.3 Å². The van der Waals surface area contributed by atoms with Crippen molar-refractivity contribution in [2.45, 2.75) is 26.2 Å². The van der Waals surface area contributed by atoms with Crippen molar-refractivity contribution in [2.24, 2.45) is 0 Å². The average Bonchev–Trinajstić information content (AvgIpc) is 2.61. The SMILES string of the molecule is CC(C)(C)c1cc(C(=O)O)c2cn[nH]c2c1. The van der Waals surface area contributed by atoms with Gasteiger partial charge >= 0.3 is 5.97 Å². The van der Waals surface area contributed by atoms with E-state index in [1.54, 1.807) is 12.3 Å². The first-order chi connectivity index (χ1) is 7.39. The van der Waals surface area contributed by atoms with Crippen molar-refractivity contribution in [3.05, 3.63) is 29.5 Å². The summed E-state index contributed by atoms with van der Waals surface area (Å²) in [6.07, 6.45) is 1.55. The standard InChI is InChI=1S/C12H14N2O2/c1-12(2,3)7-4-8(11(15)16)9-6-13-14-10(9)5-7/h4-6H,1-3H3,(H,13,14)(H,15,16). The zero-order valence-electron chi connectivity index (χ0n) is 9.53. The van der Waals surface area contributed by atoms with Crippen molar-refractivity contribution in [1.29, 1.82) is 0 Å². The Kier molecular flexibility index (Phi) is 2.22. The predicted octanol–water partition coefficient (Wildman–Crippen LogP) is 2.56. The molecule has 4 heteroatoms. The molecule has 4 nitrogen and oxygen atoms in total. The van der Waals surface area contributed by atoms with Crippen LogP contribution in [0.2, 0.25) is 0 Å². The molecule has 0 saturated heterocycles. The van der Waals surface area contributed by atoms with Crippen LogP contribution in [-0.4, -0.2) is 21.3 Å². The molecule has 1 heterocycles. The summed E-state index contributed by atoms with van der Waals surface area (Å²) in [5, 5.41) is 16.5. The van der Waals surface area contributed by atoms with Gasteiger partial charge in [0.2, 0.25) is 0 Å². The minimum atomic E-state index is -0.919.